The quantitative estimate of drug-likeness (QED) is 0.324. The van der Waals surface area contributed by atoms with E-state index in [4.69, 9.17) is 8.94 Å². The summed E-state index contributed by atoms with van der Waals surface area (Å²) >= 11 is 0. The molecule has 10 nitrogen and oxygen atoms in total. The fourth-order valence-corrected chi connectivity index (χ4v) is 3.36. The Morgan fingerprint density at radius 2 is 1.97 bits per heavy atom. The van der Waals surface area contributed by atoms with Crippen LogP contribution in [0.5, 0.6) is 0 Å². The number of carbonyl (C=O) groups excluding carboxylic acids is 1. The number of aryl methyl sites for hydroxylation is 2. The summed E-state index contributed by atoms with van der Waals surface area (Å²) in [6, 6.07) is 13.5. The Morgan fingerprint density at radius 3 is 2.69 bits per heavy atom. The molecule has 0 atom stereocenters. The molecule has 32 heavy (non-hydrogen) atoms. The van der Waals surface area contributed by atoms with Crippen LogP contribution < -0.4 is 11.1 Å². The molecule has 0 bridgehead atoms. The molecule has 1 N–H and O–H groups in total. The Balaban J connectivity index is 1.35. The third kappa shape index (κ3) is 4.43. The third-order valence-electron chi connectivity index (χ3n) is 5.08. The van der Waals surface area contributed by atoms with Gasteiger partial charge in [-0.05, 0) is 24.5 Å². The zero-order chi connectivity index (χ0) is 22.7. The number of oxazole rings is 1. The molecule has 2 aromatic heterocycles. The van der Waals surface area contributed by atoms with Crippen molar-refractivity contribution in [3.05, 3.63) is 74.8 Å². The number of benzene rings is 2. The molecule has 2 heterocycles. The van der Waals surface area contributed by atoms with Crippen molar-refractivity contribution in [3.8, 4) is 11.3 Å². The van der Waals surface area contributed by atoms with E-state index in [2.05, 4.69) is 17.4 Å². The standard InChI is InChI=1S/C22H20N4O6/c1-2-14-5-7-15(8-6-14)17-13-21(32-24-17)23-20(27)4-3-11-25-18-10-9-16(26(29)30)12-19(18)31-22(25)28/h5-10,12-13H,2-4,11H2,1H3,(H,23,27). The van der Waals surface area contributed by atoms with Crippen LogP contribution in [0.15, 0.2) is 62.3 Å². The lowest BCUT2D eigenvalue weighted by atomic mass is 10.1. The van der Waals surface area contributed by atoms with Crippen molar-refractivity contribution in [1.29, 1.82) is 0 Å². The van der Waals surface area contributed by atoms with Crippen LogP contribution in [-0.4, -0.2) is 20.6 Å². The Morgan fingerprint density at radius 1 is 1.19 bits per heavy atom. The van der Waals surface area contributed by atoms with Crippen LogP contribution in [0.2, 0.25) is 0 Å². The van der Waals surface area contributed by atoms with Crippen molar-refractivity contribution in [3.63, 3.8) is 0 Å². The van der Waals surface area contributed by atoms with Gasteiger partial charge in [-0.2, -0.15) is 0 Å². The minimum atomic E-state index is -0.630. The lowest BCUT2D eigenvalue weighted by Gasteiger charge is -2.03. The van der Waals surface area contributed by atoms with Crippen LogP contribution >= 0.6 is 0 Å². The zero-order valence-electron chi connectivity index (χ0n) is 17.2. The molecule has 0 saturated carbocycles. The number of non-ortho nitro benzene ring substituents is 1. The molecule has 2 aromatic carbocycles. The van der Waals surface area contributed by atoms with Gasteiger partial charge in [0.05, 0.1) is 16.5 Å². The van der Waals surface area contributed by atoms with Gasteiger partial charge in [0.25, 0.3) is 5.69 Å². The first-order valence-electron chi connectivity index (χ1n) is 10.1. The molecule has 4 rings (SSSR count). The lowest BCUT2D eigenvalue weighted by molar-refractivity contribution is -0.384. The maximum atomic E-state index is 12.3. The maximum Gasteiger partial charge on any atom is 0.419 e. The van der Waals surface area contributed by atoms with Crippen molar-refractivity contribution in [2.75, 3.05) is 5.32 Å². The molecule has 1 amide bonds. The van der Waals surface area contributed by atoms with E-state index in [9.17, 15) is 19.7 Å². The fourth-order valence-electron chi connectivity index (χ4n) is 3.36. The van der Waals surface area contributed by atoms with Gasteiger partial charge >= 0.3 is 5.76 Å². The summed E-state index contributed by atoms with van der Waals surface area (Å²) in [5, 5.41) is 17.5. The number of amides is 1. The maximum absolute atomic E-state index is 12.3. The number of nitrogens with zero attached hydrogens (tertiary/aromatic N) is 3. The van der Waals surface area contributed by atoms with E-state index in [1.807, 2.05) is 24.3 Å². The molecule has 164 valence electrons. The van der Waals surface area contributed by atoms with Gasteiger partial charge in [0.2, 0.25) is 11.8 Å². The van der Waals surface area contributed by atoms with Crippen LogP contribution in [-0.2, 0) is 17.8 Å². The Hall–Kier alpha value is -4.21. The molecule has 0 aliphatic rings. The topological polar surface area (TPSA) is 133 Å². The number of rotatable bonds is 8. The highest BCUT2D eigenvalue weighted by Gasteiger charge is 2.15. The van der Waals surface area contributed by atoms with E-state index in [-0.39, 0.29) is 36.0 Å². The van der Waals surface area contributed by atoms with Crippen molar-refractivity contribution in [1.82, 2.24) is 9.72 Å². The van der Waals surface area contributed by atoms with Gasteiger partial charge < -0.3 is 8.94 Å². The second-order valence-corrected chi connectivity index (χ2v) is 7.21. The zero-order valence-corrected chi connectivity index (χ0v) is 17.2. The van der Waals surface area contributed by atoms with Gasteiger partial charge in [-0.15, -0.1) is 0 Å². The third-order valence-corrected chi connectivity index (χ3v) is 5.08. The molecular formula is C22H20N4O6. The molecule has 4 aromatic rings. The minimum Gasteiger partial charge on any atom is -0.407 e. The van der Waals surface area contributed by atoms with Crippen molar-refractivity contribution < 1.29 is 18.7 Å². The number of aromatic nitrogens is 2. The Bertz CT molecular complexity index is 1330. The van der Waals surface area contributed by atoms with Crippen LogP contribution in [0, 0.1) is 10.1 Å². The Labute approximate surface area is 181 Å². The van der Waals surface area contributed by atoms with Gasteiger partial charge in [0, 0.05) is 30.7 Å². The molecule has 10 heteroatoms. The summed E-state index contributed by atoms with van der Waals surface area (Å²) in [7, 11) is 0. The molecule has 0 fully saturated rings. The number of anilines is 1. The van der Waals surface area contributed by atoms with Gasteiger partial charge in [0.1, 0.15) is 5.69 Å². The van der Waals surface area contributed by atoms with Crippen LogP contribution in [0.1, 0.15) is 25.3 Å². The number of nitro groups is 1. The molecule has 0 radical (unpaired) electrons. The van der Waals surface area contributed by atoms with Crippen molar-refractivity contribution in [2.45, 2.75) is 32.7 Å². The summed E-state index contributed by atoms with van der Waals surface area (Å²) < 4.78 is 11.6. The number of nitrogens with one attached hydrogen (secondary N) is 1. The average Bonchev–Trinajstić information content (AvgIpc) is 3.37. The average molecular weight is 436 g/mol. The molecule has 0 spiro atoms. The van der Waals surface area contributed by atoms with Gasteiger partial charge in [-0.3, -0.25) is 24.8 Å². The SMILES string of the molecule is CCc1ccc(-c2cc(NC(=O)CCCn3c(=O)oc4cc([N+](=O)[O-])ccc43)on2)cc1. The number of hydrogen-bond donors (Lipinski definition) is 1. The number of fused-ring (bicyclic) bond motifs is 1. The van der Waals surface area contributed by atoms with Crippen LogP contribution in [0.25, 0.3) is 22.4 Å². The smallest absolute Gasteiger partial charge is 0.407 e. The predicted octanol–water partition coefficient (Wildman–Crippen LogP) is 4.14. The lowest BCUT2D eigenvalue weighted by Crippen LogP contribution is -2.16. The number of carbonyl (C=O) groups is 1. The highest BCUT2D eigenvalue weighted by Crippen LogP contribution is 2.23. The largest absolute Gasteiger partial charge is 0.419 e. The van der Waals surface area contributed by atoms with Crippen LogP contribution in [0.4, 0.5) is 11.6 Å². The van der Waals surface area contributed by atoms with E-state index < -0.39 is 10.7 Å². The van der Waals surface area contributed by atoms with E-state index in [1.54, 1.807) is 6.07 Å². The van der Waals surface area contributed by atoms with E-state index >= 15 is 0 Å². The van der Waals surface area contributed by atoms with Crippen molar-refractivity contribution in [2.24, 2.45) is 0 Å². The Kier molecular flexibility index (Phi) is 5.84. The highest BCUT2D eigenvalue weighted by atomic mass is 16.6. The molecule has 0 unspecified atom stereocenters. The normalized spacial score (nSPS) is 11.0. The number of hydrogen-bond acceptors (Lipinski definition) is 7. The first-order chi connectivity index (χ1) is 15.4. The summed E-state index contributed by atoms with van der Waals surface area (Å²) in [6.45, 7) is 2.30. The van der Waals surface area contributed by atoms with E-state index in [0.717, 1.165) is 12.0 Å². The summed E-state index contributed by atoms with van der Waals surface area (Å²) in [6.07, 6.45) is 1.44. The van der Waals surface area contributed by atoms with Crippen molar-refractivity contribution >= 4 is 28.6 Å². The fraction of sp³-hybridized carbons (Fsp3) is 0.227. The van der Waals surface area contributed by atoms with Gasteiger partial charge in [-0.25, -0.2) is 4.79 Å². The molecule has 0 saturated heterocycles. The summed E-state index contributed by atoms with van der Waals surface area (Å²) in [4.78, 5) is 34.6. The number of nitro benzene ring substituents is 1. The first-order valence-corrected chi connectivity index (χ1v) is 10.1. The molecular weight excluding hydrogens is 416 g/mol. The van der Waals surface area contributed by atoms with E-state index in [1.165, 1.54) is 28.3 Å². The molecule has 0 aliphatic carbocycles. The monoisotopic (exact) mass is 436 g/mol. The second kappa shape index (κ2) is 8.88. The van der Waals surface area contributed by atoms with Crippen LogP contribution in [0.3, 0.4) is 0 Å². The second-order valence-electron chi connectivity index (χ2n) is 7.21. The van der Waals surface area contributed by atoms with Gasteiger partial charge in [-0.1, -0.05) is 36.3 Å². The summed E-state index contributed by atoms with van der Waals surface area (Å²) in [5.74, 6) is -0.678. The van der Waals surface area contributed by atoms with E-state index in [0.29, 0.717) is 17.6 Å². The first kappa shape index (κ1) is 21.0. The minimum absolute atomic E-state index is 0.132. The summed E-state index contributed by atoms with van der Waals surface area (Å²) in [5.41, 5.74) is 3.13. The highest BCUT2D eigenvalue weighted by molar-refractivity contribution is 5.89. The van der Waals surface area contributed by atoms with Gasteiger partial charge in [0.15, 0.2) is 5.58 Å². The predicted molar refractivity (Wildman–Crippen MR) is 116 cm³/mol. The molecule has 0 aliphatic heterocycles.